The van der Waals surface area contributed by atoms with Crippen molar-refractivity contribution in [2.75, 3.05) is 26.2 Å². The maximum absolute atomic E-state index is 12.6. The number of hydrogen-bond donors (Lipinski definition) is 1. The highest BCUT2D eigenvalue weighted by Gasteiger charge is 2.23. The summed E-state index contributed by atoms with van der Waals surface area (Å²) in [5.74, 6) is -0.990. The summed E-state index contributed by atoms with van der Waals surface area (Å²) < 4.78 is 1.50. The first-order chi connectivity index (χ1) is 12.5. The summed E-state index contributed by atoms with van der Waals surface area (Å²) in [5, 5.41) is 13.6. The van der Waals surface area contributed by atoms with Gasteiger partial charge in [0.1, 0.15) is 5.69 Å². The Morgan fingerprint density at radius 2 is 1.77 bits per heavy atom. The fourth-order valence-electron chi connectivity index (χ4n) is 2.93. The molecule has 26 heavy (non-hydrogen) atoms. The average Bonchev–Trinajstić information content (AvgIpc) is 3.11. The minimum atomic E-state index is -0.884. The number of nitrogens with zero attached hydrogens (tertiary/aromatic N) is 4. The van der Waals surface area contributed by atoms with Crippen molar-refractivity contribution in [2.45, 2.75) is 19.5 Å². The van der Waals surface area contributed by atoms with E-state index in [4.69, 9.17) is 16.7 Å². The van der Waals surface area contributed by atoms with Gasteiger partial charge in [0.05, 0.1) is 13.0 Å². The van der Waals surface area contributed by atoms with Crippen LogP contribution in [0.25, 0.3) is 0 Å². The van der Waals surface area contributed by atoms with Crippen molar-refractivity contribution in [3.63, 3.8) is 0 Å². The van der Waals surface area contributed by atoms with E-state index in [1.807, 2.05) is 24.3 Å². The fourth-order valence-corrected chi connectivity index (χ4v) is 3.06. The number of amides is 1. The highest BCUT2D eigenvalue weighted by atomic mass is 35.5. The number of piperazine rings is 1. The van der Waals surface area contributed by atoms with Crippen molar-refractivity contribution in [1.29, 1.82) is 0 Å². The van der Waals surface area contributed by atoms with E-state index in [1.165, 1.54) is 10.2 Å². The maximum Gasteiger partial charge on any atom is 0.305 e. The Morgan fingerprint density at radius 3 is 2.42 bits per heavy atom. The predicted octanol–water partition coefficient (Wildman–Crippen LogP) is 1.97. The summed E-state index contributed by atoms with van der Waals surface area (Å²) >= 11 is 5.91. The van der Waals surface area contributed by atoms with Crippen molar-refractivity contribution in [3.8, 4) is 0 Å². The fraction of sp³-hybridized carbons (Fsp3) is 0.389. The third kappa shape index (κ3) is 4.83. The second-order valence-electron chi connectivity index (χ2n) is 6.30. The van der Waals surface area contributed by atoms with Gasteiger partial charge in [0, 0.05) is 43.9 Å². The summed E-state index contributed by atoms with van der Waals surface area (Å²) in [6, 6.07) is 9.45. The molecule has 3 rings (SSSR count). The van der Waals surface area contributed by atoms with Crippen LogP contribution in [0.1, 0.15) is 22.5 Å². The van der Waals surface area contributed by atoms with Gasteiger partial charge in [0.25, 0.3) is 5.91 Å². The van der Waals surface area contributed by atoms with Crippen LogP contribution >= 0.6 is 11.6 Å². The molecule has 138 valence electrons. The number of carbonyl (C=O) groups excluding carboxylic acids is 1. The first-order valence-electron chi connectivity index (χ1n) is 8.52. The minimum absolute atomic E-state index is 0.0152. The molecule has 1 amide bonds. The van der Waals surface area contributed by atoms with E-state index >= 15 is 0 Å². The zero-order valence-electron chi connectivity index (χ0n) is 14.3. The monoisotopic (exact) mass is 376 g/mol. The molecule has 1 aliphatic rings. The maximum atomic E-state index is 12.6. The number of carboxylic acids is 1. The normalized spacial score (nSPS) is 15.2. The van der Waals surface area contributed by atoms with Crippen LogP contribution in [0.2, 0.25) is 5.02 Å². The molecule has 2 aromatic rings. The van der Waals surface area contributed by atoms with Gasteiger partial charge < -0.3 is 10.0 Å². The van der Waals surface area contributed by atoms with Crippen molar-refractivity contribution in [1.82, 2.24) is 19.6 Å². The highest BCUT2D eigenvalue weighted by molar-refractivity contribution is 6.30. The number of aryl methyl sites for hydroxylation is 1. The molecule has 0 bridgehead atoms. The molecule has 1 saturated heterocycles. The number of carboxylic acid groups (broad SMARTS) is 1. The van der Waals surface area contributed by atoms with Gasteiger partial charge in [-0.2, -0.15) is 5.10 Å². The highest BCUT2D eigenvalue weighted by Crippen LogP contribution is 2.14. The van der Waals surface area contributed by atoms with Crippen LogP contribution in [0, 0.1) is 0 Å². The number of benzene rings is 1. The number of halogens is 1. The number of aliphatic carboxylic acids is 1. The average molecular weight is 377 g/mol. The largest absolute Gasteiger partial charge is 0.481 e. The van der Waals surface area contributed by atoms with Crippen LogP contribution in [0.5, 0.6) is 0 Å². The summed E-state index contributed by atoms with van der Waals surface area (Å²) in [7, 11) is 0. The summed E-state index contributed by atoms with van der Waals surface area (Å²) in [5.41, 5.74) is 1.56. The van der Waals surface area contributed by atoms with Crippen LogP contribution in [-0.2, 0) is 17.9 Å². The van der Waals surface area contributed by atoms with E-state index in [0.29, 0.717) is 18.8 Å². The Hall–Kier alpha value is -2.38. The lowest BCUT2D eigenvalue weighted by Crippen LogP contribution is -2.48. The molecule has 1 aromatic carbocycles. The van der Waals surface area contributed by atoms with Gasteiger partial charge in [0.2, 0.25) is 0 Å². The molecular weight excluding hydrogens is 356 g/mol. The Balaban J connectivity index is 1.50. The molecule has 2 heterocycles. The van der Waals surface area contributed by atoms with Gasteiger partial charge in [-0.3, -0.25) is 19.2 Å². The number of rotatable bonds is 6. The Morgan fingerprint density at radius 1 is 1.08 bits per heavy atom. The standard InChI is InChI=1S/C18H21ClN4O3/c19-15-3-1-14(2-4-15)13-21-9-11-22(12-10-21)18(26)16-5-7-23(20-16)8-6-17(24)25/h1-5,7H,6,8-13H2,(H,24,25). The topological polar surface area (TPSA) is 78.7 Å². The quantitative estimate of drug-likeness (QED) is 0.833. The first-order valence-corrected chi connectivity index (χ1v) is 8.90. The van der Waals surface area contributed by atoms with Gasteiger partial charge in [0.15, 0.2) is 0 Å². The molecule has 0 aliphatic carbocycles. The molecule has 1 N–H and O–H groups in total. The predicted molar refractivity (Wildman–Crippen MR) is 97.1 cm³/mol. The Bertz CT molecular complexity index is 767. The number of hydrogen-bond acceptors (Lipinski definition) is 4. The minimum Gasteiger partial charge on any atom is -0.481 e. The smallest absolute Gasteiger partial charge is 0.305 e. The Labute approximate surface area is 156 Å². The molecule has 1 aliphatic heterocycles. The van der Waals surface area contributed by atoms with Crippen LogP contribution in [0.4, 0.5) is 0 Å². The lowest BCUT2D eigenvalue weighted by atomic mass is 10.2. The molecule has 0 spiro atoms. The SMILES string of the molecule is O=C(O)CCn1ccc(C(=O)N2CCN(Cc3ccc(Cl)cc3)CC2)n1. The number of carbonyl (C=O) groups is 2. The third-order valence-electron chi connectivity index (χ3n) is 4.39. The molecule has 0 saturated carbocycles. The molecule has 0 radical (unpaired) electrons. The van der Waals surface area contributed by atoms with Crippen LogP contribution < -0.4 is 0 Å². The van der Waals surface area contributed by atoms with E-state index in [0.717, 1.165) is 24.7 Å². The van der Waals surface area contributed by atoms with Gasteiger partial charge >= 0.3 is 5.97 Å². The van der Waals surface area contributed by atoms with E-state index < -0.39 is 5.97 Å². The van der Waals surface area contributed by atoms with E-state index in [2.05, 4.69) is 10.00 Å². The second-order valence-corrected chi connectivity index (χ2v) is 6.74. The first kappa shape index (κ1) is 18.4. The van der Waals surface area contributed by atoms with E-state index in [-0.39, 0.29) is 18.9 Å². The molecular formula is C18H21ClN4O3. The van der Waals surface area contributed by atoms with Gasteiger partial charge in [-0.25, -0.2) is 0 Å². The molecule has 8 heteroatoms. The van der Waals surface area contributed by atoms with Crippen LogP contribution in [0.15, 0.2) is 36.5 Å². The van der Waals surface area contributed by atoms with Crippen molar-refractivity contribution >= 4 is 23.5 Å². The molecule has 1 fully saturated rings. The van der Waals surface area contributed by atoms with Crippen LogP contribution in [0.3, 0.4) is 0 Å². The molecule has 0 unspecified atom stereocenters. The summed E-state index contributed by atoms with van der Waals surface area (Å²) in [6.07, 6.45) is 1.63. The Kier molecular flexibility index (Phi) is 5.90. The third-order valence-corrected chi connectivity index (χ3v) is 4.65. The van der Waals surface area contributed by atoms with E-state index in [1.54, 1.807) is 17.2 Å². The van der Waals surface area contributed by atoms with Gasteiger partial charge in [-0.15, -0.1) is 0 Å². The van der Waals surface area contributed by atoms with Crippen molar-refractivity contribution in [3.05, 3.63) is 52.8 Å². The lowest BCUT2D eigenvalue weighted by Gasteiger charge is -2.34. The van der Waals surface area contributed by atoms with Crippen molar-refractivity contribution < 1.29 is 14.7 Å². The molecule has 1 aromatic heterocycles. The number of aromatic nitrogens is 2. The second kappa shape index (κ2) is 8.33. The summed E-state index contributed by atoms with van der Waals surface area (Å²) in [6.45, 7) is 3.99. The van der Waals surface area contributed by atoms with Gasteiger partial charge in [-0.1, -0.05) is 23.7 Å². The van der Waals surface area contributed by atoms with Gasteiger partial charge in [-0.05, 0) is 23.8 Å². The zero-order chi connectivity index (χ0) is 18.5. The molecule has 0 atom stereocenters. The molecule has 7 nitrogen and oxygen atoms in total. The summed E-state index contributed by atoms with van der Waals surface area (Å²) in [4.78, 5) is 27.3. The van der Waals surface area contributed by atoms with Crippen LogP contribution in [-0.4, -0.2) is 62.7 Å². The van der Waals surface area contributed by atoms with Crippen molar-refractivity contribution in [2.24, 2.45) is 0 Å². The lowest BCUT2D eigenvalue weighted by molar-refractivity contribution is -0.137. The zero-order valence-corrected chi connectivity index (χ0v) is 15.1. The van der Waals surface area contributed by atoms with E-state index in [9.17, 15) is 9.59 Å².